The fourth-order valence-corrected chi connectivity index (χ4v) is 2.15. The van der Waals surface area contributed by atoms with Crippen molar-refractivity contribution in [1.82, 2.24) is 0 Å². The van der Waals surface area contributed by atoms with Crippen molar-refractivity contribution in [2.45, 2.75) is 61.9 Å². The first kappa shape index (κ1) is 19.4. The van der Waals surface area contributed by atoms with Crippen LogP contribution in [0.5, 0.6) is 0 Å². The molecule has 1 heterocycles. The van der Waals surface area contributed by atoms with E-state index < -0.39 is 67.3 Å². The van der Waals surface area contributed by atoms with Crippen LogP contribution in [0, 0.1) is 0 Å². The van der Waals surface area contributed by atoms with Gasteiger partial charge in [0, 0.05) is 0 Å². The molecule has 1 aliphatic rings. The van der Waals surface area contributed by atoms with Gasteiger partial charge in [-0.15, -0.1) is 0 Å². The number of aliphatic hydroxyl groups excluding tert-OH is 8. The SMILES string of the molecule is C[C@H](O)[C@@H](O)[C@@H](O)[C@H](O)C(=O)[C@H]1O[C@H](CO)[C@@H](O)[C@H](O)[C@H]1O. The third kappa shape index (κ3) is 3.79. The first-order valence-electron chi connectivity index (χ1n) is 6.70. The maximum Gasteiger partial charge on any atom is 0.195 e. The molecule has 8 N–H and O–H groups in total. The van der Waals surface area contributed by atoms with Crippen LogP contribution in [0.15, 0.2) is 0 Å². The van der Waals surface area contributed by atoms with Crippen molar-refractivity contribution >= 4 is 5.78 Å². The van der Waals surface area contributed by atoms with Gasteiger partial charge in [0.15, 0.2) is 5.78 Å². The van der Waals surface area contributed by atoms with E-state index in [0.29, 0.717) is 0 Å². The van der Waals surface area contributed by atoms with Crippen molar-refractivity contribution in [3.63, 3.8) is 0 Å². The summed E-state index contributed by atoms with van der Waals surface area (Å²) in [5, 5.41) is 75.7. The van der Waals surface area contributed by atoms with Gasteiger partial charge in [-0.05, 0) is 6.92 Å². The molecule has 10 heteroatoms. The van der Waals surface area contributed by atoms with Gasteiger partial charge in [-0.3, -0.25) is 4.79 Å². The number of carbonyl (C=O) groups is 1. The number of aliphatic hydroxyl groups is 8. The van der Waals surface area contributed by atoms with E-state index in [1.165, 1.54) is 0 Å². The molecule has 0 spiro atoms. The molecule has 0 amide bonds. The summed E-state index contributed by atoms with van der Waals surface area (Å²) >= 11 is 0. The molecule has 0 bridgehead atoms. The van der Waals surface area contributed by atoms with Gasteiger partial charge >= 0.3 is 0 Å². The van der Waals surface area contributed by atoms with E-state index in [-0.39, 0.29) is 0 Å². The largest absolute Gasteiger partial charge is 0.394 e. The van der Waals surface area contributed by atoms with E-state index in [1.54, 1.807) is 0 Å². The van der Waals surface area contributed by atoms with E-state index >= 15 is 0 Å². The van der Waals surface area contributed by atoms with Gasteiger partial charge in [-0.1, -0.05) is 0 Å². The van der Waals surface area contributed by atoms with Crippen LogP contribution < -0.4 is 0 Å². The number of Topliss-reactive ketones (excluding diaryl/α,β-unsaturated/α-hetero) is 1. The highest BCUT2D eigenvalue weighted by Crippen LogP contribution is 2.23. The van der Waals surface area contributed by atoms with Crippen LogP contribution in [-0.4, -0.2) is 108 Å². The molecule has 0 aromatic heterocycles. The molecule has 0 aromatic carbocycles. The minimum absolute atomic E-state index is 0.760. The van der Waals surface area contributed by atoms with Gasteiger partial charge < -0.3 is 45.6 Å². The van der Waals surface area contributed by atoms with Gasteiger partial charge in [0.05, 0.1) is 12.7 Å². The standard InChI is InChI=1S/C12H22O10/c1-3(14)5(15)7(17)9(19)11(21)12-10(20)8(18)6(16)4(2-13)22-12/h3-10,12-20H,2H2,1H3/t3-,4+,5+,6+,7+,8-,9-,10+,12-/m0/s1. The van der Waals surface area contributed by atoms with Gasteiger partial charge in [0.1, 0.15) is 48.8 Å². The van der Waals surface area contributed by atoms with Crippen LogP contribution in [0.1, 0.15) is 6.92 Å². The molecular formula is C12H22O10. The zero-order valence-electron chi connectivity index (χ0n) is 11.8. The van der Waals surface area contributed by atoms with Crippen LogP contribution >= 0.6 is 0 Å². The van der Waals surface area contributed by atoms with Crippen LogP contribution in [0.25, 0.3) is 0 Å². The molecule has 0 aliphatic carbocycles. The first-order chi connectivity index (χ1) is 10.1. The zero-order chi connectivity index (χ0) is 17.2. The molecule has 0 radical (unpaired) electrons. The third-order valence-corrected chi connectivity index (χ3v) is 3.63. The van der Waals surface area contributed by atoms with Crippen molar-refractivity contribution in [3.8, 4) is 0 Å². The molecule has 0 unspecified atom stereocenters. The Hall–Kier alpha value is -0.690. The number of rotatable bonds is 6. The Labute approximate surface area is 125 Å². The van der Waals surface area contributed by atoms with E-state index in [2.05, 4.69) is 0 Å². The zero-order valence-corrected chi connectivity index (χ0v) is 11.8. The lowest BCUT2D eigenvalue weighted by Gasteiger charge is -2.40. The third-order valence-electron chi connectivity index (χ3n) is 3.63. The van der Waals surface area contributed by atoms with Crippen molar-refractivity contribution in [1.29, 1.82) is 0 Å². The molecule has 1 fully saturated rings. The smallest absolute Gasteiger partial charge is 0.195 e. The van der Waals surface area contributed by atoms with Gasteiger partial charge in [0.2, 0.25) is 0 Å². The first-order valence-corrected chi connectivity index (χ1v) is 6.70. The van der Waals surface area contributed by atoms with Crippen molar-refractivity contribution in [2.75, 3.05) is 6.61 Å². The summed E-state index contributed by atoms with van der Waals surface area (Å²) in [6.45, 7) is 0.364. The summed E-state index contributed by atoms with van der Waals surface area (Å²) < 4.78 is 4.93. The van der Waals surface area contributed by atoms with Gasteiger partial charge in [0.25, 0.3) is 0 Å². The number of hydrogen-bond donors (Lipinski definition) is 8. The molecule has 22 heavy (non-hydrogen) atoms. The average Bonchev–Trinajstić information content (AvgIpc) is 2.50. The van der Waals surface area contributed by atoms with Crippen molar-refractivity contribution in [2.24, 2.45) is 0 Å². The fraction of sp³-hybridized carbons (Fsp3) is 0.917. The summed E-state index contributed by atoms with van der Waals surface area (Å²) in [5.74, 6) is -1.27. The minimum atomic E-state index is -2.22. The Kier molecular flexibility index (Phi) is 6.80. The quantitative estimate of drug-likeness (QED) is 0.234. The Morgan fingerprint density at radius 1 is 1.00 bits per heavy atom. The van der Waals surface area contributed by atoms with Crippen LogP contribution in [0.3, 0.4) is 0 Å². The summed E-state index contributed by atoms with van der Waals surface area (Å²) in [6.07, 6.45) is -16.1. The number of carbonyl (C=O) groups excluding carboxylic acids is 1. The molecule has 1 aliphatic heterocycles. The molecule has 0 saturated carbocycles. The Bertz CT molecular complexity index is 373. The molecule has 130 valence electrons. The van der Waals surface area contributed by atoms with E-state index in [4.69, 9.17) is 14.9 Å². The predicted molar refractivity (Wildman–Crippen MR) is 68.5 cm³/mol. The van der Waals surface area contributed by atoms with Crippen LogP contribution in [0.4, 0.5) is 0 Å². The van der Waals surface area contributed by atoms with Crippen molar-refractivity contribution in [3.05, 3.63) is 0 Å². The summed E-state index contributed by atoms with van der Waals surface area (Å²) in [6, 6.07) is 0. The Morgan fingerprint density at radius 2 is 1.55 bits per heavy atom. The number of ether oxygens (including phenoxy) is 1. The lowest BCUT2D eigenvalue weighted by atomic mass is 9.89. The second kappa shape index (κ2) is 7.73. The fourth-order valence-electron chi connectivity index (χ4n) is 2.15. The summed E-state index contributed by atoms with van der Waals surface area (Å²) in [4.78, 5) is 12.0. The highest BCUT2D eigenvalue weighted by Gasteiger charge is 2.49. The van der Waals surface area contributed by atoms with E-state index in [9.17, 15) is 35.4 Å². The predicted octanol–water partition coefficient (Wildman–Crippen LogP) is -5.14. The second-order valence-electron chi connectivity index (χ2n) is 5.32. The van der Waals surface area contributed by atoms with Crippen molar-refractivity contribution < 1.29 is 50.4 Å². The maximum absolute atomic E-state index is 12.0. The lowest BCUT2D eigenvalue weighted by Crippen LogP contribution is -2.63. The highest BCUT2D eigenvalue weighted by atomic mass is 16.5. The van der Waals surface area contributed by atoms with Gasteiger partial charge in [-0.2, -0.15) is 0 Å². The maximum atomic E-state index is 12.0. The lowest BCUT2D eigenvalue weighted by molar-refractivity contribution is -0.231. The van der Waals surface area contributed by atoms with Crippen LogP contribution in [0.2, 0.25) is 0 Å². The summed E-state index contributed by atoms with van der Waals surface area (Å²) in [5.41, 5.74) is 0. The molecule has 10 nitrogen and oxygen atoms in total. The monoisotopic (exact) mass is 326 g/mol. The number of hydrogen-bond acceptors (Lipinski definition) is 10. The number of ketones is 1. The highest BCUT2D eigenvalue weighted by molar-refractivity contribution is 5.88. The Balaban J connectivity index is 2.86. The molecule has 1 rings (SSSR count). The molecular weight excluding hydrogens is 304 g/mol. The summed E-state index contributed by atoms with van der Waals surface area (Å²) in [7, 11) is 0. The van der Waals surface area contributed by atoms with E-state index in [1.807, 2.05) is 0 Å². The minimum Gasteiger partial charge on any atom is -0.394 e. The molecule has 1 saturated heterocycles. The normalized spacial score (nSPS) is 38.1. The van der Waals surface area contributed by atoms with E-state index in [0.717, 1.165) is 6.92 Å². The Morgan fingerprint density at radius 3 is 2.00 bits per heavy atom. The molecule has 0 aromatic rings. The second-order valence-corrected chi connectivity index (χ2v) is 5.32. The topological polar surface area (TPSA) is 188 Å². The van der Waals surface area contributed by atoms with Crippen LogP contribution in [-0.2, 0) is 9.53 Å². The van der Waals surface area contributed by atoms with Gasteiger partial charge in [-0.25, -0.2) is 0 Å². The average molecular weight is 326 g/mol. The molecule has 9 atom stereocenters.